The largest absolute Gasteiger partial charge is 0.481 e. The summed E-state index contributed by atoms with van der Waals surface area (Å²) in [6, 6.07) is -5.82. The normalized spacial score (nSPS) is 14.6. The maximum absolute atomic E-state index is 12.4. The first-order chi connectivity index (χ1) is 14.3. The van der Waals surface area contributed by atoms with Crippen LogP contribution in [0.1, 0.15) is 33.1 Å². The number of carbonyl (C=O) groups excluding carboxylic acids is 3. The predicted octanol–water partition coefficient (Wildman–Crippen LogP) is -3.16. The van der Waals surface area contributed by atoms with Crippen molar-refractivity contribution in [3.05, 3.63) is 0 Å². The van der Waals surface area contributed by atoms with E-state index in [1.54, 1.807) is 0 Å². The lowest BCUT2D eigenvalue weighted by molar-refractivity contribution is -0.147. The van der Waals surface area contributed by atoms with Crippen molar-refractivity contribution in [3.63, 3.8) is 0 Å². The molecule has 0 aromatic carbocycles. The maximum atomic E-state index is 12.4. The van der Waals surface area contributed by atoms with Gasteiger partial charge in [0.05, 0.1) is 19.1 Å². The lowest BCUT2D eigenvalue weighted by Gasteiger charge is -2.26. The predicted molar refractivity (Wildman–Crippen MR) is 102 cm³/mol. The average Bonchev–Trinajstić information content (AvgIpc) is 2.66. The summed E-state index contributed by atoms with van der Waals surface area (Å²) < 4.78 is 0. The van der Waals surface area contributed by atoms with Crippen molar-refractivity contribution in [2.24, 2.45) is 11.7 Å². The van der Waals surface area contributed by atoms with Gasteiger partial charge in [-0.1, -0.05) is 13.8 Å². The molecule has 9 N–H and O–H groups in total. The Hall–Kier alpha value is -3.26. The Kier molecular flexibility index (Phi) is 11.7. The van der Waals surface area contributed by atoms with Crippen molar-refractivity contribution in [1.82, 2.24) is 16.0 Å². The first kappa shape index (κ1) is 27.7. The van der Waals surface area contributed by atoms with Crippen LogP contribution in [-0.4, -0.2) is 86.8 Å². The molecular weight excluding hydrogens is 420 g/mol. The molecule has 0 saturated heterocycles. The number of carboxylic acids is 3. The zero-order valence-electron chi connectivity index (χ0n) is 17.0. The molecule has 4 atom stereocenters. The van der Waals surface area contributed by atoms with Crippen molar-refractivity contribution >= 4 is 35.6 Å². The Labute approximate surface area is 177 Å². The number of hydrogen-bond donors (Lipinski definition) is 8. The van der Waals surface area contributed by atoms with Crippen LogP contribution < -0.4 is 21.7 Å². The van der Waals surface area contributed by atoms with Crippen LogP contribution in [0.25, 0.3) is 0 Å². The zero-order chi connectivity index (χ0) is 24.3. The molecule has 0 aliphatic heterocycles. The van der Waals surface area contributed by atoms with Gasteiger partial charge in [-0.25, -0.2) is 4.79 Å². The molecule has 4 unspecified atom stereocenters. The molecule has 0 rings (SSSR count). The standard InChI is InChI=1S/C17H28N4O10/c1-7(2)13(16(29)19-9(17(30)31)5-12(25)26)21-15(28)10(6-22)20-14(27)8(18)3-4-11(23)24/h7-10,13,22H,3-6,18H2,1-2H3,(H,19,29)(H,20,27)(H,21,28)(H,23,24)(H,25,26)(H,30,31). The monoisotopic (exact) mass is 448 g/mol. The van der Waals surface area contributed by atoms with Crippen molar-refractivity contribution in [2.75, 3.05) is 6.61 Å². The van der Waals surface area contributed by atoms with Gasteiger partial charge in [-0.3, -0.25) is 24.0 Å². The molecular formula is C17H28N4O10. The van der Waals surface area contributed by atoms with Crippen molar-refractivity contribution < 1.29 is 49.2 Å². The Morgan fingerprint density at radius 3 is 1.77 bits per heavy atom. The summed E-state index contributed by atoms with van der Waals surface area (Å²) in [5.74, 6) is -7.64. The van der Waals surface area contributed by atoms with Crippen LogP contribution in [0.5, 0.6) is 0 Å². The van der Waals surface area contributed by atoms with Crippen LogP contribution in [0.15, 0.2) is 0 Å². The number of amides is 3. The molecule has 0 saturated carbocycles. The van der Waals surface area contributed by atoms with Crippen LogP contribution in [-0.2, 0) is 28.8 Å². The van der Waals surface area contributed by atoms with Crippen molar-refractivity contribution in [2.45, 2.75) is 57.3 Å². The number of nitrogens with two attached hydrogens (primary N) is 1. The van der Waals surface area contributed by atoms with E-state index in [2.05, 4.69) is 10.6 Å². The summed E-state index contributed by atoms with van der Waals surface area (Å²) in [6.45, 7) is 2.17. The fraction of sp³-hybridized carbons (Fsp3) is 0.647. The minimum Gasteiger partial charge on any atom is -0.481 e. The second-order valence-electron chi connectivity index (χ2n) is 7.01. The van der Waals surface area contributed by atoms with Gasteiger partial charge in [-0.2, -0.15) is 0 Å². The van der Waals surface area contributed by atoms with E-state index in [9.17, 15) is 33.9 Å². The summed E-state index contributed by atoms with van der Waals surface area (Å²) in [7, 11) is 0. The second-order valence-corrected chi connectivity index (χ2v) is 7.01. The molecule has 0 fully saturated rings. The quantitative estimate of drug-likeness (QED) is 0.132. The topological polar surface area (TPSA) is 245 Å². The number of carbonyl (C=O) groups is 6. The van der Waals surface area contributed by atoms with Gasteiger partial charge in [0, 0.05) is 6.42 Å². The molecule has 176 valence electrons. The smallest absolute Gasteiger partial charge is 0.326 e. The van der Waals surface area contributed by atoms with Crippen molar-refractivity contribution in [1.29, 1.82) is 0 Å². The number of carboxylic acid groups (broad SMARTS) is 3. The molecule has 0 aromatic rings. The lowest BCUT2D eigenvalue weighted by atomic mass is 10.0. The molecule has 0 spiro atoms. The SMILES string of the molecule is CC(C)C(NC(=O)C(CO)NC(=O)C(N)CCC(=O)O)C(=O)NC(CC(=O)O)C(=O)O. The lowest BCUT2D eigenvalue weighted by Crippen LogP contribution is -2.59. The highest BCUT2D eigenvalue weighted by Gasteiger charge is 2.32. The Bertz CT molecular complexity index is 696. The van der Waals surface area contributed by atoms with Gasteiger partial charge >= 0.3 is 17.9 Å². The summed E-state index contributed by atoms with van der Waals surface area (Å²) in [5, 5.41) is 42.2. The minimum absolute atomic E-state index is 0.210. The van der Waals surface area contributed by atoms with E-state index >= 15 is 0 Å². The molecule has 0 aliphatic rings. The molecule has 14 nitrogen and oxygen atoms in total. The van der Waals surface area contributed by atoms with Crippen LogP contribution in [0, 0.1) is 5.92 Å². The first-order valence-corrected chi connectivity index (χ1v) is 9.24. The highest BCUT2D eigenvalue weighted by molar-refractivity contribution is 5.94. The number of aliphatic hydroxyl groups is 1. The van der Waals surface area contributed by atoms with E-state index in [0.717, 1.165) is 0 Å². The molecule has 0 heterocycles. The van der Waals surface area contributed by atoms with E-state index in [0.29, 0.717) is 0 Å². The van der Waals surface area contributed by atoms with E-state index in [-0.39, 0.29) is 12.8 Å². The van der Waals surface area contributed by atoms with Crippen molar-refractivity contribution in [3.8, 4) is 0 Å². The number of nitrogens with one attached hydrogen (secondary N) is 3. The Morgan fingerprint density at radius 1 is 0.806 bits per heavy atom. The summed E-state index contributed by atoms with van der Waals surface area (Å²) in [4.78, 5) is 69.2. The van der Waals surface area contributed by atoms with Crippen LogP contribution >= 0.6 is 0 Å². The van der Waals surface area contributed by atoms with E-state index in [4.69, 9.17) is 21.1 Å². The summed E-state index contributed by atoms with van der Waals surface area (Å²) in [5.41, 5.74) is 5.53. The molecule has 14 heteroatoms. The number of aliphatic carboxylic acids is 3. The molecule has 0 aliphatic carbocycles. The van der Waals surface area contributed by atoms with Gasteiger partial charge < -0.3 is 42.1 Å². The second kappa shape index (κ2) is 13.1. The Balaban J connectivity index is 5.16. The van der Waals surface area contributed by atoms with Gasteiger partial charge in [0.15, 0.2) is 0 Å². The zero-order valence-corrected chi connectivity index (χ0v) is 17.0. The van der Waals surface area contributed by atoms with Crippen LogP contribution in [0.2, 0.25) is 0 Å². The molecule has 31 heavy (non-hydrogen) atoms. The minimum atomic E-state index is -1.73. The highest BCUT2D eigenvalue weighted by Crippen LogP contribution is 2.05. The third-order valence-corrected chi connectivity index (χ3v) is 4.06. The van der Waals surface area contributed by atoms with Gasteiger partial charge in [0.2, 0.25) is 17.7 Å². The molecule has 0 radical (unpaired) electrons. The fourth-order valence-corrected chi connectivity index (χ4v) is 2.31. The Morgan fingerprint density at radius 2 is 1.35 bits per heavy atom. The fourth-order valence-electron chi connectivity index (χ4n) is 2.31. The number of aliphatic hydroxyl groups excluding tert-OH is 1. The molecule has 3 amide bonds. The first-order valence-electron chi connectivity index (χ1n) is 9.24. The molecule has 0 aromatic heterocycles. The number of rotatable bonds is 14. The van der Waals surface area contributed by atoms with Crippen LogP contribution in [0.4, 0.5) is 0 Å². The molecule has 0 bridgehead atoms. The summed E-state index contributed by atoms with van der Waals surface area (Å²) in [6.07, 6.45) is -1.48. The third kappa shape index (κ3) is 10.4. The van der Waals surface area contributed by atoms with E-state index < -0.39 is 78.7 Å². The number of hydrogen-bond acceptors (Lipinski definition) is 8. The third-order valence-electron chi connectivity index (χ3n) is 4.06. The maximum Gasteiger partial charge on any atom is 0.326 e. The summed E-state index contributed by atoms with van der Waals surface area (Å²) >= 11 is 0. The highest BCUT2D eigenvalue weighted by atomic mass is 16.4. The van der Waals surface area contributed by atoms with Gasteiger partial charge in [0.25, 0.3) is 0 Å². The van der Waals surface area contributed by atoms with Gasteiger partial charge in [-0.15, -0.1) is 0 Å². The average molecular weight is 448 g/mol. The van der Waals surface area contributed by atoms with E-state index in [1.165, 1.54) is 13.8 Å². The van der Waals surface area contributed by atoms with Gasteiger partial charge in [0.1, 0.15) is 18.1 Å². The van der Waals surface area contributed by atoms with E-state index in [1.807, 2.05) is 5.32 Å². The van der Waals surface area contributed by atoms with Crippen LogP contribution in [0.3, 0.4) is 0 Å². The van der Waals surface area contributed by atoms with Gasteiger partial charge in [-0.05, 0) is 12.3 Å².